The van der Waals surface area contributed by atoms with Crippen LogP contribution in [0.3, 0.4) is 0 Å². The number of anilines is 1. The SMILES string of the molecule is CN(CCC1CC1)c1c(Cl)ccc(C2=C(O)c3ncccc3C(C)(C)S2(=O)=O)c1Cl. The first kappa shape index (κ1) is 21.5. The molecule has 0 saturated heterocycles. The van der Waals surface area contributed by atoms with Crippen LogP contribution in [0.15, 0.2) is 30.5 Å². The molecule has 1 saturated carbocycles. The molecule has 0 unspecified atom stereocenters. The van der Waals surface area contributed by atoms with Gasteiger partial charge in [0.2, 0.25) is 0 Å². The first-order valence-electron chi connectivity index (χ1n) is 9.90. The summed E-state index contributed by atoms with van der Waals surface area (Å²) in [5.41, 5.74) is 1.51. The number of aromatic nitrogens is 1. The van der Waals surface area contributed by atoms with Crippen molar-refractivity contribution in [1.82, 2.24) is 4.98 Å². The van der Waals surface area contributed by atoms with Crippen molar-refractivity contribution >= 4 is 49.4 Å². The van der Waals surface area contributed by atoms with Crippen LogP contribution in [0, 0.1) is 5.92 Å². The van der Waals surface area contributed by atoms with Crippen molar-refractivity contribution in [3.05, 3.63) is 57.3 Å². The van der Waals surface area contributed by atoms with Gasteiger partial charge in [-0.25, -0.2) is 8.42 Å². The van der Waals surface area contributed by atoms with E-state index >= 15 is 0 Å². The average molecular weight is 467 g/mol. The number of nitrogens with zero attached hydrogens (tertiary/aromatic N) is 2. The standard InChI is InChI=1S/C22H24Cl2N2O3S/c1-22(2)15-5-4-11-25-18(15)20(27)21(30(22,28)29)14-8-9-16(23)19(17(14)24)26(3)12-10-13-6-7-13/h4-5,8-9,11,13,27H,6-7,10,12H2,1-3H3. The molecule has 2 aromatic rings. The zero-order valence-electron chi connectivity index (χ0n) is 17.1. The third-order valence-corrected chi connectivity index (χ3v) is 9.30. The van der Waals surface area contributed by atoms with Crippen molar-refractivity contribution in [2.24, 2.45) is 5.92 Å². The van der Waals surface area contributed by atoms with Crippen molar-refractivity contribution < 1.29 is 13.5 Å². The average Bonchev–Trinajstić information content (AvgIpc) is 3.51. The minimum atomic E-state index is -3.97. The molecule has 1 N–H and O–H groups in total. The molecule has 1 aliphatic carbocycles. The van der Waals surface area contributed by atoms with Crippen LogP contribution in [0.2, 0.25) is 10.0 Å². The van der Waals surface area contributed by atoms with Gasteiger partial charge in [-0.3, -0.25) is 4.98 Å². The smallest absolute Gasteiger partial charge is 0.192 e. The number of halogens is 2. The number of fused-ring (bicyclic) bond motifs is 1. The van der Waals surface area contributed by atoms with Crippen LogP contribution in [-0.2, 0) is 14.6 Å². The second-order valence-corrected chi connectivity index (χ2v) is 11.7. The fraction of sp³-hybridized carbons (Fsp3) is 0.409. The Labute approximate surface area is 187 Å². The maximum absolute atomic E-state index is 13.6. The monoisotopic (exact) mass is 466 g/mol. The molecule has 1 aromatic heterocycles. The maximum Gasteiger partial charge on any atom is 0.192 e. The van der Waals surface area contributed by atoms with Gasteiger partial charge >= 0.3 is 0 Å². The van der Waals surface area contributed by atoms with Crippen molar-refractivity contribution in [3.63, 3.8) is 0 Å². The lowest BCUT2D eigenvalue weighted by Gasteiger charge is -2.33. The Balaban J connectivity index is 1.90. The Kier molecular flexibility index (Phi) is 5.32. The summed E-state index contributed by atoms with van der Waals surface area (Å²) in [6.07, 6.45) is 5.05. The van der Waals surface area contributed by atoms with Gasteiger partial charge in [0.25, 0.3) is 0 Å². The highest BCUT2D eigenvalue weighted by Gasteiger charge is 2.48. The van der Waals surface area contributed by atoms with Crippen LogP contribution < -0.4 is 4.90 Å². The molecule has 0 bridgehead atoms. The van der Waals surface area contributed by atoms with Crippen LogP contribution in [0.1, 0.15) is 49.9 Å². The lowest BCUT2D eigenvalue weighted by molar-refractivity contribution is 0.501. The molecule has 2 aliphatic rings. The molecule has 0 spiro atoms. The van der Waals surface area contributed by atoms with E-state index in [-0.39, 0.29) is 26.9 Å². The van der Waals surface area contributed by atoms with E-state index in [9.17, 15) is 13.5 Å². The van der Waals surface area contributed by atoms with Gasteiger partial charge in [0, 0.05) is 30.9 Å². The Morgan fingerprint density at radius 1 is 1.23 bits per heavy atom. The fourth-order valence-electron chi connectivity index (χ4n) is 3.95. The Morgan fingerprint density at radius 2 is 1.93 bits per heavy atom. The summed E-state index contributed by atoms with van der Waals surface area (Å²) in [5.74, 6) is 0.350. The normalized spacial score (nSPS) is 19.5. The van der Waals surface area contributed by atoms with Crippen molar-refractivity contribution in [2.75, 3.05) is 18.5 Å². The van der Waals surface area contributed by atoms with E-state index in [0.29, 0.717) is 16.3 Å². The summed E-state index contributed by atoms with van der Waals surface area (Å²) < 4.78 is 25.9. The first-order valence-corrected chi connectivity index (χ1v) is 12.1. The number of pyridine rings is 1. The molecule has 0 radical (unpaired) electrons. The van der Waals surface area contributed by atoms with Gasteiger partial charge in [0.1, 0.15) is 10.6 Å². The molecule has 1 fully saturated rings. The third kappa shape index (κ3) is 3.29. The van der Waals surface area contributed by atoms with Gasteiger partial charge < -0.3 is 10.0 Å². The molecule has 160 valence electrons. The number of aliphatic hydroxyl groups is 1. The summed E-state index contributed by atoms with van der Waals surface area (Å²) in [4.78, 5) is 5.99. The summed E-state index contributed by atoms with van der Waals surface area (Å²) in [6.45, 7) is 3.99. The molecule has 8 heteroatoms. The number of sulfone groups is 1. The molecule has 2 heterocycles. The molecule has 1 aromatic carbocycles. The second-order valence-electron chi connectivity index (χ2n) is 8.50. The Morgan fingerprint density at radius 3 is 2.60 bits per heavy atom. The number of hydrogen-bond acceptors (Lipinski definition) is 5. The van der Waals surface area contributed by atoms with Gasteiger partial charge in [-0.2, -0.15) is 0 Å². The van der Waals surface area contributed by atoms with E-state index in [0.717, 1.165) is 18.9 Å². The van der Waals surface area contributed by atoms with Crippen molar-refractivity contribution in [3.8, 4) is 0 Å². The molecule has 0 atom stereocenters. The van der Waals surface area contributed by atoms with Gasteiger partial charge in [0.15, 0.2) is 15.6 Å². The summed E-state index contributed by atoms with van der Waals surface area (Å²) in [5, 5.41) is 11.6. The van der Waals surface area contributed by atoms with E-state index in [4.69, 9.17) is 23.2 Å². The third-order valence-electron chi connectivity index (χ3n) is 6.10. The quantitative estimate of drug-likeness (QED) is 0.614. The van der Waals surface area contributed by atoms with Gasteiger partial charge in [-0.1, -0.05) is 48.2 Å². The topological polar surface area (TPSA) is 70.5 Å². The van der Waals surface area contributed by atoms with Crippen LogP contribution >= 0.6 is 23.2 Å². The zero-order chi connectivity index (χ0) is 21.8. The Bertz CT molecular complexity index is 1150. The molecule has 1 aliphatic heterocycles. The Hall–Kier alpha value is -1.76. The fourth-order valence-corrected chi connectivity index (χ4v) is 6.53. The van der Waals surface area contributed by atoms with Gasteiger partial charge in [-0.05, 0) is 38.3 Å². The number of hydrogen-bond donors (Lipinski definition) is 1. The number of benzene rings is 1. The van der Waals surface area contributed by atoms with Crippen LogP contribution in [0.25, 0.3) is 10.7 Å². The maximum atomic E-state index is 13.6. The second kappa shape index (κ2) is 7.43. The zero-order valence-corrected chi connectivity index (χ0v) is 19.4. The van der Waals surface area contributed by atoms with Crippen LogP contribution in [0.4, 0.5) is 5.69 Å². The highest BCUT2D eigenvalue weighted by molar-refractivity contribution is 8.01. The van der Waals surface area contributed by atoms with Gasteiger partial charge in [0.05, 0.1) is 20.5 Å². The number of rotatable bonds is 5. The summed E-state index contributed by atoms with van der Waals surface area (Å²) in [6, 6.07) is 6.52. The predicted octanol–water partition coefficient (Wildman–Crippen LogP) is 5.67. The molecule has 30 heavy (non-hydrogen) atoms. The van der Waals surface area contributed by atoms with Crippen molar-refractivity contribution in [1.29, 1.82) is 0 Å². The molecular weight excluding hydrogens is 443 g/mol. The molecule has 4 rings (SSSR count). The van der Waals surface area contributed by atoms with Crippen molar-refractivity contribution in [2.45, 2.75) is 37.9 Å². The highest BCUT2D eigenvalue weighted by Crippen LogP contribution is 2.50. The summed E-state index contributed by atoms with van der Waals surface area (Å²) >= 11 is 13.2. The largest absolute Gasteiger partial charge is 0.504 e. The van der Waals surface area contributed by atoms with E-state index < -0.39 is 14.6 Å². The van der Waals surface area contributed by atoms with E-state index in [1.165, 1.54) is 19.0 Å². The minimum Gasteiger partial charge on any atom is -0.504 e. The number of aliphatic hydroxyl groups excluding tert-OH is 1. The molecule has 5 nitrogen and oxygen atoms in total. The van der Waals surface area contributed by atoms with Gasteiger partial charge in [-0.15, -0.1) is 0 Å². The van der Waals surface area contributed by atoms with E-state index in [1.54, 1.807) is 38.1 Å². The summed E-state index contributed by atoms with van der Waals surface area (Å²) in [7, 11) is -2.07. The molecule has 0 amide bonds. The molecular formula is C22H24Cl2N2O3S. The van der Waals surface area contributed by atoms with Crippen LogP contribution in [0.5, 0.6) is 0 Å². The van der Waals surface area contributed by atoms with Crippen LogP contribution in [-0.4, -0.2) is 32.1 Å². The lowest BCUT2D eigenvalue weighted by atomic mass is 9.98. The predicted molar refractivity (Wildman–Crippen MR) is 123 cm³/mol. The minimum absolute atomic E-state index is 0.209. The lowest BCUT2D eigenvalue weighted by Crippen LogP contribution is -2.35. The van der Waals surface area contributed by atoms with E-state index in [1.807, 2.05) is 11.9 Å². The first-order chi connectivity index (χ1) is 14.1. The highest BCUT2D eigenvalue weighted by atomic mass is 35.5. The van der Waals surface area contributed by atoms with E-state index in [2.05, 4.69) is 4.98 Å².